The highest BCUT2D eigenvalue weighted by molar-refractivity contribution is 7.99. The summed E-state index contributed by atoms with van der Waals surface area (Å²) in [6.07, 6.45) is 3.43. The molecule has 0 radical (unpaired) electrons. The van der Waals surface area contributed by atoms with Gasteiger partial charge in [-0.25, -0.2) is 4.98 Å². The van der Waals surface area contributed by atoms with E-state index in [1.54, 1.807) is 11.8 Å². The summed E-state index contributed by atoms with van der Waals surface area (Å²) in [6.45, 7) is 0. The van der Waals surface area contributed by atoms with Gasteiger partial charge in [0.2, 0.25) is 0 Å². The van der Waals surface area contributed by atoms with Crippen LogP contribution < -0.4 is 0 Å². The molecule has 0 amide bonds. The number of oxazole rings is 1. The number of rotatable bonds is 6. The topological polar surface area (TPSA) is 26.0 Å². The summed E-state index contributed by atoms with van der Waals surface area (Å²) in [6, 6.07) is 7.85. The molecule has 0 N–H and O–H groups in total. The lowest BCUT2D eigenvalue weighted by atomic mass is 10.3. The molecule has 2 nitrogen and oxygen atoms in total. The molecule has 4 heteroatoms. The standard InChI is InChI=1S/C12H14ClNOS/c13-8-4-1-5-9-16-12-14-10-6-2-3-7-11(10)15-12/h2-3,6-7H,1,4-5,8-9H2. The maximum atomic E-state index is 5.61. The Hall–Kier alpha value is -0.670. The highest BCUT2D eigenvalue weighted by atomic mass is 35.5. The summed E-state index contributed by atoms with van der Waals surface area (Å²) in [5, 5.41) is 0.770. The second kappa shape index (κ2) is 6.16. The Balaban J connectivity index is 1.85. The third-order valence-corrected chi connectivity index (χ3v) is 3.46. The largest absolute Gasteiger partial charge is 0.431 e. The van der Waals surface area contributed by atoms with Gasteiger partial charge in [0.05, 0.1) is 0 Å². The lowest BCUT2D eigenvalue weighted by Crippen LogP contribution is -1.82. The monoisotopic (exact) mass is 255 g/mol. The van der Waals surface area contributed by atoms with Crippen LogP contribution in [-0.4, -0.2) is 16.6 Å². The van der Waals surface area contributed by atoms with Crippen molar-refractivity contribution in [1.82, 2.24) is 4.98 Å². The summed E-state index contributed by atoms with van der Waals surface area (Å²) in [4.78, 5) is 4.40. The van der Waals surface area contributed by atoms with Crippen LogP contribution in [0.25, 0.3) is 11.1 Å². The SMILES string of the molecule is ClCCCCCSc1nc2ccccc2o1. The van der Waals surface area contributed by atoms with Gasteiger partial charge in [-0.05, 0) is 25.0 Å². The van der Waals surface area contributed by atoms with Gasteiger partial charge in [0, 0.05) is 11.6 Å². The average Bonchev–Trinajstić information content (AvgIpc) is 2.71. The van der Waals surface area contributed by atoms with E-state index in [1.165, 1.54) is 6.42 Å². The zero-order valence-electron chi connectivity index (χ0n) is 8.99. The molecule has 0 aliphatic carbocycles. The van der Waals surface area contributed by atoms with E-state index in [0.717, 1.165) is 40.8 Å². The molecular weight excluding hydrogens is 242 g/mol. The molecule has 0 saturated carbocycles. The number of alkyl halides is 1. The molecule has 0 saturated heterocycles. The van der Waals surface area contributed by atoms with Gasteiger partial charge in [-0.3, -0.25) is 0 Å². The van der Waals surface area contributed by atoms with Crippen molar-refractivity contribution in [3.05, 3.63) is 24.3 Å². The molecule has 1 heterocycles. The van der Waals surface area contributed by atoms with Crippen molar-refractivity contribution < 1.29 is 4.42 Å². The zero-order valence-corrected chi connectivity index (χ0v) is 10.6. The number of aromatic nitrogens is 1. The molecule has 0 bridgehead atoms. The van der Waals surface area contributed by atoms with Crippen LogP contribution >= 0.6 is 23.4 Å². The number of unbranched alkanes of at least 4 members (excludes halogenated alkanes) is 2. The molecule has 1 aromatic carbocycles. The van der Waals surface area contributed by atoms with Crippen molar-refractivity contribution in [3.63, 3.8) is 0 Å². The Morgan fingerprint density at radius 3 is 2.88 bits per heavy atom. The van der Waals surface area contributed by atoms with E-state index in [9.17, 15) is 0 Å². The maximum Gasteiger partial charge on any atom is 0.256 e. The van der Waals surface area contributed by atoms with Gasteiger partial charge >= 0.3 is 0 Å². The predicted molar refractivity (Wildman–Crippen MR) is 69.3 cm³/mol. The number of fused-ring (bicyclic) bond motifs is 1. The van der Waals surface area contributed by atoms with Gasteiger partial charge in [0.25, 0.3) is 5.22 Å². The number of para-hydroxylation sites is 2. The average molecular weight is 256 g/mol. The second-order valence-corrected chi connectivity index (χ2v) is 4.97. The smallest absolute Gasteiger partial charge is 0.256 e. The molecule has 0 aliphatic rings. The van der Waals surface area contributed by atoms with Crippen molar-refractivity contribution in [1.29, 1.82) is 0 Å². The number of thioether (sulfide) groups is 1. The third-order valence-electron chi connectivity index (χ3n) is 2.28. The van der Waals surface area contributed by atoms with Gasteiger partial charge in [0.1, 0.15) is 5.52 Å². The molecule has 2 rings (SSSR count). The van der Waals surface area contributed by atoms with Crippen molar-refractivity contribution in [3.8, 4) is 0 Å². The number of hydrogen-bond acceptors (Lipinski definition) is 3. The minimum Gasteiger partial charge on any atom is -0.431 e. The van der Waals surface area contributed by atoms with E-state index < -0.39 is 0 Å². The van der Waals surface area contributed by atoms with Crippen molar-refractivity contribution in [2.24, 2.45) is 0 Å². The molecule has 0 fully saturated rings. The third kappa shape index (κ3) is 3.16. The predicted octanol–water partition coefficient (Wildman–Crippen LogP) is 4.33. The summed E-state index contributed by atoms with van der Waals surface area (Å²) in [7, 11) is 0. The van der Waals surface area contributed by atoms with Crippen LogP contribution in [0.2, 0.25) is 0 Å². The number of halogens is 1. The van der Waals surface area contributed by atoms with E-state index in [-0.39, 0.29) is 0 Å². The maximum absolute atomic E-state index is 5.61. The number of benzene rings is 1. The van der Waals surface area contributed by atoms with Crippen molar-refractivity contribution in [2.75, 3.05) is 11.6 Å². The molecule has 1 aromatic heterocycles. The Morgan fingerprint density at radius 1 is 1.19 bits per heavy atom. The van der Waals surface area contributed by atoms with Gasteiger partial charge in [0.15, 0.2) is 5.58 Å². The lowest BCUT2D eigenvalue weighted by Gasteiger charge is -1.95. The highest BCUT2D eigenvalue weighted by Crippen LogP contribution is 2.23. The Bertz CT molecular complexity index is 410. The Morgan fingerprint density at radius 2 is 2.06 bits per heavy atom. The first-order valence-corrected chi connectivity index (χ1v) is 6.96. The van der Waals surface area contributed by atoms with E-state index >= 15 is 0 Å². The first-order valence-electron chi connectivity index (χ1n) is 5.44. The molecule has 86 valence electrons. The van der Waals surface area contributed by atoms with Crippen LogP contribution in [-0.2, 0) is 0 Å². The van der Waals surface area contributed by atoms with Gasteiger partial charge in [-0.15, -0.1) is 11.6 Å². The quantitative estimate of drug-likeness (QED) is 0.437. The molecule has 0 atom stereocenters. The molecule has 0 spiro atoms. The zero-order chi connectivity index (χ0) is 11.2. The lowest BCUT2D eigenvalue weighted by molar-refractivity contribution is 0.489. The number of hydrogen-bond donors (Lipinski definition) is 0. The van der Waals surface area contributed by atoms with E-state index in [2.05, 4.69) is 4.98 Å². The minimum absolute atomic E-state index is 0.757. The van der Waals surface area contributed by atoms with E-state index in [0.29, 0.717) is 0 Å². The molecule has 2 aromatic rings. The van der Waals surface area contributed by atoms with E-state index in [4.69, 9.17) is 16.0 Å². The van der Waals surface area contributed by atoms with Crippen LogP contribution in [0, 0.1) is 0 Å². The van der Waals surface area contributed by atoms with Crippen LogP contribution in [0.3, 0.4) is 0 Å². The van der Waals surface area contributed by atoms with Crippen LogP contribution in [0.4, 0.5) is 0 Å². The van der Waals surface area contributed by atoms with Gasteiger partial charge in [-0.2, -0.15) is 0 Å². The highest BCUT2D eigenvalue weighted by Gasteiger charge is 2.04. The fourth-order valence-corrected chi connectivity index (χ4v) is 2.47. The molecule has 0 unspecified atom stereocenters. The van der Waals surface area contributed by atoms with Gasteiger partial charge < -0.3 is 4.42 Å². The normalized spacial score (nSPS) is 11.1. The van der Waals surface area contributed by atoms with E-state index in [1.807, 2.05) is 24.3 Å². The van der Waals surface area contributed by atoms with Crippen LogP contribution in [0.15, 0.2) is 33.9 Å². The summed E-state index contributed by atoms with van der Waals surface area (Å²) in [5.74, 6) is 1.80. The van der Waals surface area contributed by atoms with Crippen molar-refractivity contribution >= 4 is 34.5 Å². The first kappa shape index (κ1) is 11.8. The van der Waals surface area contributed by atoms with Crippen molar-refractivity contribution in [2.45, 2.75) is 24.5 Å². The molecular formula is C12H14ClNOS. The summed E-state index contributed by atoms with van der Waals surface area (Å²) >= 11 is 7.29. The Labute approximate surface area is 104 Å². The summed E-state index contributed by atoms with van der Waals surface area (Å²) < 4.78 is 5.60. The van der Waals surface area contributed by atoms with Crippen LogP contribution in [0.5, 0.6) is 0 Å². The first-order chi connectivity index (χ1) is 7.90. The molecule has 0 aliphatic heterocycles. The minimum atomic E-state index is 0.757. The van der Waals surface area contributed by atoms with Crippen LogP contribution in [0.1, 0.15) is 19.3 Å². The molecule has 16 heavy (non-hydrogen) atoms. The second-order valence-electron chi connectivity index (χ2n) is 3.55. The fourth-order valence-electron chi connectivity index (χ4n) is 1.45. The number of nitrogens with zero attached hydrogens (tertiary/aromatic N) is 1. The Kier molecular flexibility index (Phi) is 4.55. The van der Waals surface area contributed by atoms with Gasteiger partial charge in [-0.1, -0.05) is 30.3 Å². The fraction of sp³-hybridized carbons (Fsp3) is 0.417. The summed E-state index contributed by atoms with van der Waals surface area (Å²) in [5.41, 5.74) is 1.80.